The fourth-order valence-corrected chi connectivity index (χ4v) is 2.48. The van der Waals surface area contributed by atoms with Gasteiger partial charge in [0, 0.05) is 19.2 Å². The summed E-state index contributed by atoms with van der Waals surface area (Å²) in [5, 5.41) is 21.6. The summed E-state index contributed by atoms with van der Waals surface area (Å²) < 4.78 is 0. The topological polar surface area (TPSA) is 124 Å². The van der Waals surface area contributed by atoms with Gasteiger partial charge in [0.1, 0.15) is 5.84 Å². The molecule has 1 aliphatic rings. The van der Waals surface area contributed by atoms with E-state index in [1.807, 2.05) is 24.3 Å². The molecule has 0 unspecified atom stereocenters. The molecule has 8 nitrogen and oxygen atoms in total. The maximum absolute atomic E-state index is 11.7. The molecule has 1 amide bonds. The first-order valence-electron chi connectivity index (χ1n) is 7.76. The largest absolute Gasteiger partial charge is 0.481 e. The lowest BCUT2D eigenvalue weighted by molar-refractivity contribution is -0.136. The van der Waals surface area contributed by atoms with Crippen molar-refractivity contribution >= 4 is 17.7 Å². The van der Waals surface area contributed by atoms with Crippen LogP contribution in [0.25, 0.3) is 0 Å². The quantitative estimate of drug-likeness (QED) is 0.366. The van der Waals surface area contributed by atoms with Crippen LogP contribution in [-0.4, -0.2) is 42.5 Å². The molecule has 1 heterocycles. The molecule has 0 aromatic heterocycles. The minimum absolute atomic E-state index is 0.0142. The molecule has 24 heavy (non-hydrogen) atoms. The number of hydroxylamine groups is 1. The van der Waals surface area contributed by atoms with Gasteiger partial charge in [-0.1, -0.05) is 24.3 Å². The van der Waals surface area contributed by atoms with Crippen molar-refractivity contribution in [2.24, 2.45) is 0 Å². The van der Waals surface area contributed by atoms with Crippen molar-refractivity contribution in [2.75, 3.05) is 13.6 Å². The van der Waals surface area contributed by atoms with Crippen LogP contribution in [0.5, 0.6) is 0 Å². The Bertz CT molecular complexity index is 603. The smallest absolute Gasteiger partial charge is 0.305 e. The van der Waals surface area contributed by atoms with Crippen molar-refractivity contribution in [2.45, 2.75) is 31.4 Å². The van der Waals surface area contributed by atoms with E-state index in [0.29, 0.717) is 12.3 Å². The number of nitrogens with one attached hydrogen (secondary N) is 4. The Hall–Kier alpha value is -2.45. The maximum Gasteiger partial charge on any atom is 0.305 e. The zero-order chi connectivity index (χ0) is 17.5. The molecule has 2 rings (SSSR count). The Balaban J connectivity index is 1.81. The van der Waals surface area contributed by atoms with Crippen molar-refractivity contribution in [3.8, 4) is 0 Å². The molecule has 1 saturated heterocycles. The first kappa shape index (κ1) is 17.9. The second kappa shape index (κ2) is 8.42. The normalized spacial score (nSPS) is 19.7. The maximum atomic E-state index is 11.7. The second-order valence-corrected chi connectivity index (χ2v) is 5.59. The van der Waals surface area contributed by atoms with Crippen molar-refractivity contribution in [1.82, 2.24) is 16.1 Å². The molecule has 2 atom stereocenters. The third-order valence-electron chi connectivity index (χ3n) is 3.80. The molecular weight excluding hydrogens is 312 g/mol. The highest BCUT2D eigenvalue weighted by Gasteiger charge is 2.28. The highest BCUT2D eigenvalue weighted by Crippen LogP contribution is 2.27. The van der Waals surface area contributed by atoms with E-state index in [9.17, 15) is 9.59 Å². The van der Waals surface area contributed by atoms with E-state index < -0.39 is 5.97 Å². The van der Waals surface area contributed by atoms with Crippen molar-refractivity contribution in [3.05, 3.63) is 35.4 Å². The first-order valence-corrected chi connectivity index (χ1v) is 7.76. The van der Waals surface area contributed by atoms with Gasteiger partial charge in [0.2, 0.25) is 5.91 Å². The third kappa shape index (κ3) is 5.04. The number of carboxylic acids is 1. The number of hydrogen-bond acceptors (Lipinski definition) is 5. The van der Waals surface area contributed by atoms with Gasteiger partial charge in [-0.2, -0.15) is 5.48 Å². The van der Waals surface area contributed by atoms with E-state index in [4.69, 9.17) is 15.4 Å². The van der Waals surface area contributed by atoms with Gasteiger partial charge in [0.15, 0.2) is 0 Å². The van der Waals surface area contributed by atoms with E-state index >= 15 is 0 Å². The molecule has 1 fully saturated rings. The molecule has 0 radical (unpaired) electrons. The number of carbonyl (C=O) groups is 2. The molecule has 0 bridgehead atoms. The van der Waals surface area contributed by atoms with Crippen LogP contribution in [-0.2, 0) is 14.4 Å². The molecule has 0 spiro atoms. The molecule has 0 aliphatic carbocycles. The van der Waals surface area contributed by atoms with Crippen LogP contribution < -0.4 is 16.1 Å². The first-order chi connectivity index (χ1) is 11.5. The molecule has 5 N–H and O–H groups in total. The van der Waals surface area contributed by atoms with Crippen LogP contribution in [0.2, 0.25) is 0 Å². The molecule has 130 valence electrons. The zero-order valence-corrected chi connectivity index (χ0v) is 13.5. The summed E-state index contributed by atoms with van der Waals surface area (Å²) in [5.74, 6) is -0.807. The van der Waals surface area contributed by atoms with Crippen LogP contribution in [0, 0.1) is 5.41 Å². The van der Waals surface area contributed by atoms with E-state index in [2.05, 4.69) is 16.1 Å². The molecule has 0 saturated carbocycles. The summed E-state index contributed by atoms with van der Waals surface area (Å²) in [6, 6.07) is 7.57. The Labute approximate surface area is 140 Å². The van der Waals surface area contributed by atoms with Gasteiger partial charge in [0.05, 0.1) is 25.0 Å². The van der Waals surface area contributed by atoms with Gasteiger partial charge < -0.3 is 15.7 Å². The SMILES string of the molecule is CNC(=N)c1ccc([C@@H]2C[C@H](CC(=O)NCCC(=O)O)ON2)cc1. The number of benzene rings is 1. The number of aliphatic carboxylic acids is 1. The van der Waals surface area contributed by atoms with Gasteiger partial charge in [-0.05, 0) is 12.0 Å². The lowest BCUT2D eigenvalue weighted by Gasteiger charge is -2.10. The Morgan fingerprint density at radius 2 is 2.08 bits per heavy atom. The van der Waals surface area contributed by atoms with Gasteiger partial charge >= 0.3 is 5.97 Å². The van der Waals surface area contributed by atoms with E-state index in [1.54, 1.807) is 7.05 Å². The summed E-state index contributed by atoms with van der Waals surface area (Å²) in [4.78, 5) is 27.6. The third-order valence-corrected chi connectivity index (χ3v) is 3.80. The van der Waals surface area contributed by atoms with Crippen LogP contribution in [0.1, 0.15) is 36.4 Å². The Kier molecular flexibility index (Phi) is 6.28. The number of amidine groups is 1. The summed E-state index contributed by atoms with van der Waals surface area (Å²) in [6.45, 7) is 0.122. The lowest BCUT2D eigenvalue weighted by atomic mass is 9.99. The number of carboxylic acid groups (broad SMARTS) is 1. The van der Waals surface area contributed by atoms with Crippen molar-refractivity contribution in [1.29, 1.82) is 5.41 Å². The highest BCUT2D eigenvalue weighted by molar-refractivity contribution is 5.96. The van der Waals surface area contributed by atoms with Crippen LogP contribution in [0.15, 0.2) is 24.3 Å². The van der Waals surface area contributed by atoms with Gasteiger partial charge in [-0.3, -0.25) is 19.8 Å². The van der Waals surface area contributed by atoms with Gasteiger partial charge in [0.25, 0.3) is 0 Å². The Morgan fingerprint density at radius 3 is 2.71 bits per heavy atom. The fraction of sp³-hybridized carbons (Fsp3) is 0.438. The van der Waals surface area contributed by atoms with E-state index in [0.717, 1.165) is 11.1 Å². The summed E-state index contributed by atoms with van der Waals surface area (Å²) in [7, 11) is 1.70. The van der Waals surface area contributed by atoms with Crippen LogP contribution in [0.4, 0.5) is 0 Å². The fourth-order valence-electron chi connectivity index (χ4n) is 2.48. The monoisotopic (exact) mass is 334 g/mol. The molecule has 1 aromatic carbocycles. The molecule has 8 heteroatoms. The summed E-state index contributed by atoms with van der Waals surface area (Å²) in [5.41, 5.74) is 4.75. The Morgan fingerprint density at radius 1 is 1.38 bits per heavy atom. The van der Waals surface area contributed by atoms with Crippen LogP contribution in [0.3, 0.4) is 0 Å². The predicted octanol–water partition coefficient (Wildman–Crippen LogP) is 0.547. The average Bonchev–Trinajstić information content (AvgIpc) is 3.02. The van der Waals surface area contributed by atoms with E-state index in [-0.39, 0.29) is 37.4 Å². The summed E-state index contributed by atoms with van der Waals surface area (Å²) in [6.07, 6.45) is 0.488. The molecule has 1 aliphatic heterocycles. The number of rotatable bonds is 7. The van der Waals surface area contributed by atoms with Gasteiger partial charge in [-0.25, -0.2) is 0 Å². The zero-order valence-electron chi connectivity index (χ0n) is 13.5. The van der Waals surface area contributed by atoms with Gasteiger partial charge in [-0.15, -0.1) is 0 Å². The van der Waals surface area contributed by atoms with Crippen molar-refractivity contribution in [3.63, 3.8) is 0 Å². The number of amides is 1. The number of hydrogen-bond donors (Lipinski definition) is 5. The highest BCUT2D eigenvalue weighted by atomic mass is 16.7. The van der Waals surface area contributed by atoms with E-state index in [1.165, 1.54) is 0 Å². The summed E-state index contributed by atoms with van der Waals surface area (Å²) >= 11 is 0. The van der Waals surface area contributed by atoms with Crippen molar-refractivity contribution < 1.29 is 19.5 Å². The van der Waals surface area contributed by atoms with Crippen LogP contribution >= 0.6 is 0 Å². The molecular formula is C16H22N4O4. The lowest BCUT2D eigenvalue weighted by Crippen LogP contribution is -2.29. The standard InChI is InChI=1S/C16H22N4O4/c1-18-16(17)11-4-2-10(3-5-11)13-8-12(24-20-13)9-14(21)19-7-6-15(22)23/h2-5,12-13,20H,6-9H2,1H3,(H2,17,18)(H,19,21)(H,22,23)/t12-,13+/m1/s1. The second-order valence-electron chi connectivity index (χ2n) is 5.59. The molecule has 1 aromatic rings. The average molecular weight is 334 g/mol. The minimum Gasteiger partial charge on any atom is -0.481 e. The predicted molar refractivity (Wildman–Crippen MR) is 87.6 cm³/mol. The number of carbonyl (C=O) groups excluding carboxylic acids is 1. The minimum atomic E-state index is -0.941.